The fraction of sp³-hybridized carbons (Fsp3) is 0. The Hall–Kier alpha value is -2.36. The van der Waals surface area contributed by atoms with E-state index in [1.54, 1.807) is 24.3 Å². The van der Waals surface area contributed by atoms with Crippen molar-refractivity contribution in [2.45, 2.75) is 0 Å². The number of hydrogen-bond donors (Lipinski definition) is 1. The largest absolute Gasteiger partial charge is 0.423 e. The zero-order chi connectivity index (χ0) is 11.1. The molecule has 0 aliphatic rings. The molecule has 0 radical (unpaired) electrons. The van der Waals surface area contributed by atoms with Crippen LogP contribution in [-0.4, -0.2) is 4.98 Å². The predicted octanol–water partition coefficient (Wildman–Crippen LogP) is 1.63. The van der Waals surface area contributed by atoms with Crippen LogP contribution < -0.4 is 11.2 Å². The van der Waals surface area contributed by atoms with Crippen molar-refractivity contribution in [3.8, 4) is 0 Å². The Balaban J connectivity index is 2.59. The maximum Gasteiger partial charge on any atom is 0.336 e. The second-order valence-electron chi connectivity index (χ2n) is 3.52. The third-order valence-electron chi connectivity index (χ3n) is 2.50. The van der Waals surface area contributed by atoms with Gasteiger partial charge in [0, 0.05) is 28.4 Å². The van der Waals surface area contributed by atoms with Crippen LogP contribution in [0.15, 0.2) is 50.4 Å². The van der Waals surface area contributed by atoms with Gasteiger partial charge in [-0.05, 0) is 24.3 Å². The molecule has 0 aliphatic heterocycles. The second-order valence-corrected chi connectivity index (χ2v) is 3.52. The van der Waals surface area contributed by atoms with E-state index >= 15 is 0 Å². The van der Waals surface area contributed by atoms with E-state index in [2.05, 4.69) is 4.98 Å². The van der Waals surface area contributed by atoms with Crippen LogP contribution in [0.4, 0.5) is 0 Å². The Morgan fingerprint density at radius 3 is 2.56 bits per heavy atom. The van der Waals surface area contributed by atoms with Gasteiger partial charge in [0.25, 0.3) is 0 Å². The molecular weight excluding hydrogens is 206 g/mol. The van der Waals surface area contributed by atoms with Crippen molar-refractivity contribution in [1.82, 2.24) is 4.98 Å². The van der Waals surface area contributed by atoms with E-state index in [4.69, 9.17) is 4.42 Å². The van der Waals surface area contributed by atoms with E-state index in [1.807, 2.05) is 0 Å². The Morgan fingerprint density at radius 1 is 0.875 bits per heavy atom. The number of H-pyrrole nitrogens is 1. The van der Waals surface area contributed by atoms with Gasteiger partial charge in [0.05, 0.1) is 0 Å². The molecule has 0 unspecified atom stereocenters. The topological polar surface area (TPSA) is 63.1 Å². The van der Waals surface area contributed by atoms with Crippen LogP contribution in [0, 0.1) is 0 Å². The number of benzene rings is 1. The van der Waals surface area contributed by atoms with Crippen LogP contribution in [0.3, 0.4) is 0 Å². The van der Waals surface area contributed by atoms with E-state index in [-0.39, 0.29) is 11.2 Å². The maximum absolute atomic E-state index is 11.1. The average Bonchev–Trinajstić information content (AvgIpc) is 2.28. The number of pyridine rings is 1. The summed E-state index contributed by atoms with van der Waals surface area (Å²) in [6.45, 7) is 0. The summed E-state index contributed by atoms with van der Waals surface area (Å²) in [6.07, 6.45) is 0. The van der Waals surface area contributed by atoms with E-state index in [0.29, 0.717) is 5.58 Å². The molecule has 0 aliphatic carbocycles. The SMILES string of the molecule is O=c1ccc2c(ccc3oc(=O)ccc32)[nH]1. The van der Waals surface area contributed by atoms with Crippen molar-refractivity contribution < 1.29 is 4.42 Å². The highest BCUT2D eigenvalue weighted by molar-refractivity contribution is 6.03. The first-order valence-corrected chi connectivity index (χ1v) is 4.80. The van der Waals surface area contributed by atoms with Crippen LogP contribution in [0.25, 0.3) is 21.9 Å². The quantitative estimate of drug-likeness (QED) is 0.456. The lowest BCUT2D eigenvalue weighted by Crippen LogP contribution is -2.02. The molecule has 4 heteroatoms. The van der Waals surface area contributed by atoms with Gasteiger partial charge < -0.3 is 9.40 Å². The molecule has 1 aromatic carbocycles. The Morgan fingerprint density at radius 2 is 1.69 bits per heavy atom. The third-order valence-corrected chi connectivity index (χ3v) is 2.50. The van der Waals surface area contributed by atoms with Gasteiger partial charge in [0.15, 0.2) is 0 Å². The minimum Gasteiger partial charge on any atom is -0.423 e. The third kappa shape index (κ3) is 1.24. The van der Waals surface area contributed by atoms with Crippen molar-refractivity contribution in [3.05, 3.63) is 57.2 Å². The smallest absolute Gasteiger partial charge is 0.336 e. The lowest BCUT2D eigenvalue weighted by molar-refractivity contribution is 0.561. The number of rotatable bonds is 0. The summed E-state index contributed by atoms with van der Waals surface area (Å²) < 4.78 is 5.05. The molecule has 3 rings (SSSR count). The second kappa shape index (κ2) is 3.06. The highest BCUT2D eigenvalue weighted by atomic mass is 16.4. The van der Waals surface area contributed by atoms with E-state index < -0.39 is 0 Å². The molecule has 0 saturated heterocycles. The van der Waals surface area contributed by atoms with Crippen molar-refractivity contribution in [2.24, 2.45) is 0 Å². The zero-order valence-electron chi connectivity index (χ0n) is 8.19. The predicted molar refractivity (Wildman–Crippen MR) is 60.6 cm³/mol. The molecule has 0 spiro atoms. The minimum absolute atomic E-state index is 0.149. The van der Waals surface area contributed by atoms with Gasteiger partial charge in [-0.3, -0.25) is 4.79 Å². The van der Waals surface area contributed by atoms with Crippen molar-refractivity contribution >= 4 is 21.9 Å². The van der Waals surface area contributed by atoms with Crippen LogP contribution in [0.1, 0.15) is 0 Å². The standard InChI is InChI=1S/C12H7NO3/c14-11-5-1-7-8-2-6-12(15)16-10(8)4-3-9(7)13-11/h1-6H,(H,13,14). The zero-order valence-corrected chi connectivity index (χ0v) is 8.19. The highest BCUT2D eigenvalue weighted by Gasteiger charge is 2.02. The molecule has 0 bridgehead atoms. The van der Waals surface area contributed by atoms with Crippen molar-refractivity contribution in [2.75, 3.05) is 0 Å². The van der Waals surface area contributed by atoms with E-state index in [1.165, 1.54) is 12.1 Å². The molecule has 0 saturated carbocycles. The van der Waals surface area contributed by atoms with Gasteiger partial charge in [-0.25, -0.2) is 4.79 Å². The van der Waals surface area contributed by atoms with Crippen molar-refractivity contribution in [3.63, 3.8) is 0 Å². The van der Waals surface area contributed by atoms with E-state index in [0.717, 1.165) is 16.3 Å². The highest BCUT2D eigenvalue weighted by Crippen LogP contribution is 2.21. The molecule has 2 heterocycles. The first kappa shape index (κ1) is 8.91. The molecule has 2 aromatic heterocycles. The van der Waals surface area contributed by atoms with Gasteiger partial charge in [-0.2, -0.15) is 0 Å². The van der Waals surface area contributed by atoms with Crippen LogP contribution >= 0.6 is 0 Å². The van der Waals surface area contributed by atoms with Crippen LogP contribution in [0.2, 0.25) is 0 Å². The summed E-state index contributed by atoms with van der Waals surface area (Å²) in [4.78, 5) is 24.9. The maximum atomic E-state index is 11.1. The number of fused-ring (bicyclic) bond motifs is 3. The number of hydrogen-bond acceptors (Lipinski definition) is 3. The molecule has 1 N–H and O–H groups in total. The number of nitrogens with one attached hydrogen (secondary N) is 1. The van der Waals surface area contributed by atoms with Gasteiger partial charge >= 0.3 is 5.63 Å². The molecule has 0 atom stereocenters. The summed E-state index contributed by atoms with van der Waals surface area (Å²) in [5, 5.41) is 1.68. The lowest BCUT2D eigenvalue weighted by Gasteiger charge is -2.00. The van der Waals surface area contributed by atoms with Crippen LogP contribution in [-0.2, 0) is 0 Å². The number of aromatic nitrogens is 1. The molecular formula is C12H7NO3. The van der Waals surface area contributed by atoms with E-state index in [9.17, 15) is 9.59 Å². The molecule has 0 fully saturated rings. The first-order valence-electron chi connectivity index (χ1n) is 4.80. The molecule has 4 nitrogen and oxygen atoms in total. The van der Waals surface area contributed by atoms with Gasteiger partial charge in [0.2, 0.25) is 5.56 Å². The fourth-order valence-electron chi connectivity index (χ4n) is 1.79. The van der Waals surface area contributed by atoms with Crippen molar-refractivity contribution in [1.29, 1.82) is 0 Å². The lowest BCUT2D eigenvalue weighted by atomic mass is 10.1. The normalized spacial score (nSPS) is 11.0. The summed E-state index contributed by atoms with van der Waals surface area (Å²) >= 11 is 0. The Kier molecular flexibility index (Phi) is 1.71. The molecule has 3 aromatic rings. The van der Waals surface area contributed by atoms with Gasteiger partial charge in [-0.1, -0.05) is 0 Å². The van der Waals surface area contributed by atoms with Gasteiger partial charge in [-0.15, -0.1) is 0 Å². The fourth-order valence-corrected chi connectivity index (χ4v) is 1.79. The molecule has 78 valence electrons. The molecule has 0 amide bonds. The first-order chi connectivity index (χ1) is 7.74. The summed E-state index contributed by atoms with van der Waals surface area (Å²) in [7, 11) is 0. The van der Waals surface area contributed by atoms with Crippen LogP contribution in [0.5, 0.6) is 0 Å². The minimum atomic E-state index is -0.378. The van der Waals surface area contributed by atoms with Gasteiger partial charge in [0.1, 0.15) is 5.58 Å². The number of aromatic amines is 1. The Bertz CT molecular complexity index is 730. The Labute approximate surface area is 89.1 Å². The summed E-state index contributed by atoms with van der Waals surface area (Å²) in [5.41, 5.74) is 0.724. The summed E-state index contributed by atoms with van der Waals surface area (Å²) in [6, 6.07) is 9.63. The molecule has 16 heavy (non-hydrogen) atoms. The monoisotopic (exact) mass is 213 g/mol. The average molecular weight is 213 g/mol. The summed E-state index contributed by atoms with van der Waals surface area (Å²) in [5.74, 6) is 0.